The highest BCUT2D eigenvalue weighted by molar-refractivity contribution is 5.61. The number of hydrogen-bond acceptors (Lipinski definition) is 3. The molecule has 3 nitrogen and oxygen atoms in total. The minimum atomic E-state index is -0.524. The quantitative estimate of drug-likeness (QED) is 0.897. The molecule has 0 spiro atoms. The van der Waals surface area contributed by atoms with Gasteiger partial charge in [0.1, 0.15) is 0 Å². The average Bonchev–Trinajstić information content (AvgIpc) is 2.39. The number of aryl methyl sites for hydroxylation is 1. The number of aliphatic hydroxyl groups is 1. The molecule has 0 saturated heterocycles. The monoisotopic (exact) mass is 242 g/mol. The van der Waals surface area contributed by atoms with Crippen LogP contribution in [0.4, 0.5) is 11.4 Å². The summed E-state index contributed by atoms with van der Waals surface area (Å²) in [6.45, 7) is 3.79. The minimum absolute atomic E-state index is 0.524. The highest BCUT2D eigenvalue weighted by atomic mass is 16.3. The van der Waals surface area contributed by atoms with E-state index in [1.807, 2.05) is 19.2 Å². The number of pyridine rings is 1. The van der Waals surface area contributed by atoms with E-state index in [1.54, 1.807) is 13.1 Å². The number of rotatable bonds is 3. The summed E-state index contributed by atoms with van der Waals surface area (Å²) in [5.41, 5.74) is 4.06. The molecule has 1 N–H and O–H groups in total. The molecule has 1 atom stereocenters. The first-order chi connectivity index (χ1) is 8.58. The molecule has 0 aliphatic carbocycles. The Morgan fingerprint density at radius 2 is 1.67 bits per heavy atom. The van der Waals surface area contributed by atoms with E-state index in [-0.39, 0.29) is 0 Å². The van der Waals surface area contributed by atoms with Crippen molar-refractivity contribution in [1.29, 1.82) is 0 Å². The van der Waals surface area contributed by atoms with Gasteiger partial charge in [-0.05, 0) is 38.1 Å². The van der Waals surface area contributed by atoms with Crippen LogP contribution in [0.5, 0.6) is 0 Å². The van der Waals surface area contributed by atoms with E-state index in [4.69, 9.17) is 0 Å². The highest BCUT2D eigenvalue weighted by Gasteiger charge is 2.06. The lowest BCUT2D eigenvalue weighted by molar-refractivity contribution is 0.194. The fraction of sp³-hybridized carbons (Fsp3) is 0.267. The lowest BCUT2D eigenvalue weighted by atomic mass is 10.2. The summed E-state index contributed by atoms with van der Waals surface area (Å²) in [5, 5.41) is 9.42. The van der Waals surface area contributed by atoms with Crippen LogP contribution in [0.1, 0.15) is 24.3 Å². The van der Waals surface area contributed by atoms with E-state index in [9.17, 15) is 5.11 Å². The molecule has 1 aromatic carbocycles. The van der Waals surface area contributed by atoms with Crippen molar-refractivity contribution in [3.05, 3.63) is 53.9 Å². The second-order valence-corrected chi connectivity index (χ2v) is 4.51. The summed E-state index contributed by atoms with van der Waals surface area (Å²) in [5.74, 6) is 0. The van der Waals surface area contributed by atoms with Crippen LogP contribution in [-0.2, 0) is 0 Å². The summed E-state index contributed by atoms with van der Waals surface area (Å²) in [6, 6.07) is 12.2. The SMILES string of the molecule is Cc1ccc(N(C)c2ccc([C@H](C)O)nc2)cc1. The van der Waals surface area contributed by atoms with E-state index in [0.717, 1.165) is 11.4 Å². The molecule has 94 valence electrons. The lowest BCUT2D eigenvalue weighted by Gasteiger charge is -2.19. The van der Waals surface area contributed by atoms with Crippen molar-refractivity contribution in [2.75, 3.05) is 11.9 Å². The maximum Gasteiger partial charge on any atom is 0.0931 e. The van der Waals surface area contributed by atoms with Gasteiger partial charge in [0.05, 0.1) is 23.7 Å². The summed E-state index contributed by atoms with van der Waals surface area (Å²) < 4.78 is 0. The minimum Gasteiger partial charge on any atom is -0.387 e. The Labute approximate surface area is 108 Å². The smallest absolute Gasteiger partial charge is 0.0931 e. The van der Waals surface area contributed by atoms with Crippen LogP contribution < -0.4 is 4.90 Å². The molecule has 0 fully saturated rings. The Morgan fingerprint density at radius 1 is 1.06 bits per heavy atom. The third-order valence-electron chi connectivity index (χ3n) is 3.01. The van der Waals surface area contributed by atoms with Crippen molar-refractivity contribution in [2.24, 2.45) is 0 Å². The normalized spacial score (nSPS) is 12.2. The number of benzene rings is 1. The van der Waals surface area contributed by atoms with Crippen molar-refractivity contribution >= 4 is 11.4 Å². The second-order valence-electron chi connectivity index (χ2n) is 4.51. The van der Waals surface area contributed by atoms with Gasteiger partial charge in [-0.2, -0.15) is 0 Å². The van der Waals surface area contributed by atoms with Crippen LogP contribution >= 0.6 is 0 Å². The number of aromatic nitrogens is 1. The molecule has 2 aromatic rings. The fourth-order valence-electron chi connectivity index (χ4n) is 1.76. The Hall–Kier alpha value is -1.87. The van der Waals surface area contributed by atoms with Crippen LogP contribution in [0.15, 0.2) is 42.6 Å². The van der Waals surface area contributed by atoms with Crippen molar-refractivity contribution in [2.45, 2.75) is 20.0 Å². The zero-order valence-electron chi connectivity index (χ0n) is 11.0. The van der Waals surface area contributed by atoms with E-state index in [2.05, 4.69) is 41.1 Å². The van der Waals surface area contributed by atoms with Gasteiger partial charge in [-0.3, -0.25) is 4.98 Å². The predicted molar refractivity (Wildman–Crippen MR) is 74.1 cm³/mol. The molecule has 0 bridgehead atoms. The summed E-state index contributed by atoms with van der Waals surface area (Å²) in [7, 11) is 2.00. The first kappa shape index (κ1) is 12.6. The van der Waals surface area contributed by atoms with Crippen LogP contribution in [0.25, 0.3) is 0 Å². The third kappa shape index (κ3) is 2.68. The second kappa shape index (κ2) is 5.19. The summed E-state index contributed by atoms with van der Waals surface area (Å²) in [6.07, 6.45) is 1.26. The third-order valence-corrected chi connectivity index (χ3v) is 3.01. The summed E-state index contributed by atoms with van der Waals surface area (Å²) >= 11 is 0. The molecule has 0 radical (unpaired) electrons. The molecule has 1 heterocycles. The standard InChI is InChI=1S/C15H18N2O/c1-11-4-6-13(7-5-11)17(3)14-8-9-15(12(2)18)16-10-14/h4-10,12,18H,1-3H3/t12-/m0/s1. The zero-order chi connectivity index (χ0) is 13.1. The van der Waals surface area contributed by atoms with Crippen molar-refractivity contribution in [3.63, 3.8) is 0 Å². The van der Waals surface area contributed by atoms with Gasteiger partial charge in [0.2, 0.25) is 0 Å². The Morgan fingerprint density at radius 3 is 2.17 bits per heavy atom. The molecule has 0 unspecified atom stereocenters. The first-order valence-corrected chi connectivity index (χ1v) is 6.02. The van der Waals surface area contributed by atoms with E-state index >= 15 is 0 Å². The molecule has 3 heteroatoms. The molecule has 0 saturated carbocycles. The van der Waals surface area contributed by atoms with E-state index in [0.29, 0.717) is 5.69 Å². The first-order valence-electron chi connectivity index (χ1n) is 6.02. The lowest BCUT2D eigenvalue weighted by Crippen LogP contribution is -2.10. The topological polar surface area (TPSA) is 36.4 Å². The van der Waals surface area contributed by atoms with Gasteiger partial charge in [-0.15, -0.1) is 0 Å². The Bertz CT molecular complexity index is 503. The Balaban J connectivity index is 2.23. The molecule has 0 aliphatic heterocycles. The molecule has 2 rings (SSSR count). The van der Waals surface area contributed by atoms with Crippen LogP contribution in [0.3, 0.4) is 0 Å². The van der Waals surface area contributed by atoms with Gasteiger partial charge in [0.25, 0.3) is 0 Å². The van der Waals surface area contributed by atoms with Gasteiger partial charge >= 0.3 is 0 Å². The van der Waals surface area contributed by atoms with Gasteiger partial charge in [-0.25, -0.2) is 0 Å². The van der Waals surface area contributed by atoms with Crippen molar-refractivity contribution in [1.82, 2.24) is 4.98 Å². The highest BCUT2D eigenvalue weighted by Crippen LogP contribution is 2.23. The number of anilines is 2. The van der Waals surface area contributed by atoms with Crippen LogP contribution in [0.2, 0.25) is 0 Å². The number of aliphatic hydroxyl groups excluding tert-OH is 1. The molecule has 18 heavy (non-hydrogen) atoms. The molecular weight excluding hydrogens is 224 g/mol. The number of hydrogen-bond donors (Lipinski definition) is 1. The van der Waals surface area contributed by atoms with E-state index in [1.165, 1.54) is 5.56 Å². The zero-order valence-corrected chi connectivity index (χ0v) is 11.0. The molecular formula is C15H18N2O. The maximum atomic E-state index is 9.42. The summed E-state index contributed by atoms with van der Waals surface area (Å²) in [4.78, 5) is 6.32. The molecule has 1 aromatic heterocycles. The van der Waals surface area contributed by atoms with Crippen LogP contribution in [-0.4, -0.2) is 17.1 Å². The molecule has 0 aliphatic rings. The van der Waals surface area contributed by atoms with Crippen molar-refractivity contribution < 1.29 is 5.11 Å². The van der Waals surface area contributed by atoms with Gasteiger partial charge in [0, 0.05) is 12.7 Å². The fourth-order valence-corrected chi connectivity index (χ4v) is 1.76. The maximum absolute atomic E-state index is 9.42. The van der Waals surface area contributed by atoms with Crippen LogP contribution in [0, 0.1) is 6.92 Å². The van der Waals surface area contributed by atoms with E-state index < -0.39 is 6.10 Å². The van der Waals surface area contributed by atoms with Crippen molar-refractivity contribution in [3.8, 4) is 0 Å². The Kier molecular flexibility index (Phi) is 3.63. The largest absolute Gasteiger partial charge is 0.387 e. The van der Waals surface area contributed by atoms with Gasteiger partial charge in [-0.1, -0.05) is 17.7 Å². The van der Waals surface area contributed by atoms with Gasteiger partial charge < -0.3 is 10.0 Å². The van der Waals surface area contributed by atoms with Gasteiger partial charge in [0.15, 0.2) is 0 Å². The number of nitrogens with zero attached hydrogens (tertiary/aromatic N) is 2. The molecule has 0 amide bonds. The average molecular weight is 242 g/mol. The predicted octanol–water partition coefficient (Wildman–Crippen LogP) is 3.21.